The van der Waals surface area contributed by atoms with Gasteiger partial charge in [0, 0.05) is 13.1 Å². The number of nitrogens with one attached hydrogen (secondary N) is 2. The highest BCUT2D eigenvalue weighted by molar-refractivity contribution is 7.89. The molecule has 0 aromatic carbocycles. The van der Waals surface area contributed by atoms with Crippen LogP contribution in [0.25, 0.3) is 0 Å². The van der Waals surface area contributed by atoms with E-state index in [-0.39, 0.29) is 24.7 Å². The molecule has 0 amide bonds. The highest BCUT2D eigenvalue weighted by Gasteiger charge is 2.09. The maximum absolute atomic E-state index is 13.7. The number of hydrogen-bond acceptors (Lipinski definition) is 5. The van der Waals surface area contributed by atoms with Gasteiger partial charge in [0.05, 0.1) is 11.4 Å². The number of halogens is 1. The van der Waals surface area contributed by atoms with Gasteiger partial charge in [-0.15, -0.1) is 0 Å². The normalized spacial score (nSPS) is 11.5. The van der Waals surface area contributed by atoms with Crippen LogP contribution in [-0.4, -0.2) is 37.2 Å². The zero-order chi connectivity index (χ0) is 13.6. The first-order valence-electron chi connectivity index (χ1n) is 5.70. The van der Waals surface area contributed by atoms with Gasteiger partial charge in [-0.25, -0.2) is 27.5 Å². The van der Waals surface area contributed by atoms with Crippen LogP contribution in [0.2, 0.25) is 0 Å². The lowest BCUT2D eigenvalue weighted by molar-refractivity contribution is 0.583. The second-order valence-corrected chi connectivity index (χ2v) is 5.66. The Morgan fingerprint density at radius 1 is 1.28 bits per heavy atom. The molecule has 0 bridgehead atoms. The fourth-order valence-electron chi connectivity index (χ4n) is 1.27. The van der Waals surface area contributed by atoms with Gasteiger partial charge in [-0.1, -0.05) is 6.92 Å². The van der Waals surface area contributed by atoms with Gasteiger partial charge in [0.1, 0.15) is 6.33 Å². The topological polar surface area (TPSA) is 84.0 Å². The van der Waals surface area contributed by atoms with E-state index in [4.69, 9.17) is 0 Å². The number of hydrogen-bond donors (Lipinski definition) is 2. The van der Waals surface area contributed by atoms with Gasteiger partial charge in [-0.2, -0.15) is 0 Å². The summed E-state index contributed by atoms with van der Waals surface area (Å²) in [6.07, 6.45) is 1.76. The Balaban J connectivity index is 2.50. The first kappa shape index (κ1) is 14.8. The number of aryl methyl sites for hydroxylation is 1. The average molecular weight is 276 g/mol. The van der Waals surface area contributed by atoms with Crippen LogP contribution in [0.3, 0.4) is 0 Å². The van der Waals surface area contributed by atoms with Crippen molar-refractivity contribution in [2.75, 3.05) is 24.2 Å². The highest BCUT2D eigenvalue weighted by atomic mass is 32.2. The molecule has 2 N–H and O–H groups in total. The Morgan fingerprint density at radius 3 is 2.61 bits per heavy atom. The lowest BCUT2D eigenvalue weighted by Crippen LogP contribution is -2.30. The summed E-state index contributed by atoms with van der Waals surface area (Å²) >= 11 is 0. The quantitative estimate of drug-likeness (QED) is 0.710. The lowest BCUT2D eigenvalue weighted by atomic mass is 10.3. The summed E-state index contributed by atoms with van der Waals surface area (Å²) in [7, 11) is -3.21. The Hall–Kier alpha value is -1.28. The summed E-state index contributed by atoms with van der Waals surface area (Å²) in [5.41, 5.74) is 0.335. The number of anilines is 1. The third-order valence-electron chi connectivity index (χ3n) is 2.32. The molecule has 18 heavy (non-hydrogen) atoms. The molecule has 1 aromatic rings. The van der Waals surface area contributed by atoms with E-state index in [2.05, 4.69) is 20.0 Å². The monoisotopic (exact) mass is 276 g/mol. The van der Waals surface area contributed by atoms with E-state index < -0.39 is 15.8 Å². The number of sulfonamides is 1. The van der Waals surface area contributed by atoms with Crippen molar-refractivity contribution in [3.63, 3.8) is 0 Å². The molecule has 8 heteroatoms. The Labute approximate surface area is 106 Å². The molecule has 0 saturated heterocycles. The molecule has 6 nitrogen and oxygen atoms in total. The molecule has 0 spiro atoms. The van der Waals surface area contributed by atoms with Crippen molar-refractivity contribution in [1.82, 2.24) is 14.7 Å². The van der Waals surface area contributed by atoms with E-state index in [9.17, 15) is 12.8 Å². The highest BCUT2D eigenvalue weighted by Crippen LogP contribution is 2.12. The summed E-state index contributed by atoms with van der Waals surface area (Å²) in [6.45, 7) is 3.79. The van der Waals surface area contributed by atoms with Crippen LogP contribution in [0.1, 0.15) is 19.5 Å². The Bertz CT molecular complexity index is 493. The molecule has 0 aliphatic rings. The third-order valence-corrected chi connectivity index (χ3v) is 3.72. The SMILES string of the molecule is CCc1ncnc(NCCNS(=O)(=O)CC)c1F. The Kier molecular flexibility index (Phi) is 5.42. The zero-order valence-electron chi connectivity index (χ0n) is 10.4. The molecule has 0 unspecified atom stereocenters. The predicted molar refractivity (Wildman–Crippen MR) is 67.3 cm³/mol. The van der Waals surface area contributed by atoms with E-state index in [1.807, 2.05) is 0 Å². The van der Waals surface area contributed by atoms with E-state index >= 15 is 0 Å². The molecule has 102 valence electrons. The molecule has 1 heterocycles. The van der Waals surface area contributed by atoms with Gasteiger partial charge in [-0.05, 0) is 13.3 Å². The van der Waals surface area contributed by atoms with Crippen LogP contribution < -0.4 is 10.0 Å². The fraction of sp³-hybridized carbons (Fsp3) is 0.600. The molecule has 0 saturated carbocycles. The molecule has 0 aliphatic carbocycles. The van der Waals surface area contributed by atoms with E-state index in [0.29, 0.717) is 12.1 Å². The van der Waals surface area contributed by atoms with Crippen LogP contribution in [-0.2, 0) is 16.4 Å². The summed E-state index contributed by atoms with van der Waals surface area (Å²) in [5, 5.41) is 2.73. The minimum Gasteiger partial charge on any atom is -0.366 e. The smallest absolute Gasteiger partial charge is 0.211 e. The van der Waals surface area contributed by atoms with Crippen molar-refractivity contribution in [3.05, 3.63) is 17.8 Å². The molecule has 0 radical (unpaired) electrons. The zero-order valence-corrected chi connectivity index (χ0v) is 11.2. The van der Waals surface area contributed by atoms with E-state index in [1.54, 1.807) is 13.8 Å². The summed E-state index contributed by atoms with van der Waals surface area (Å²) < 4.78 is 38.3. The van der Waals surface area contributed by atoms with Crippen LogP contribution in [0.15, 0.2) is 6.33 Å². The molecule has 0 aliphatic heterocycles. The molecule has 0 atom stereocenters. The molecular weight excluding hydrogens is 259 g/mol. The molecule has 0 fully saturated rings. The van der Waals surface area contributed by atoms with Crippen molar-refractivity contribution in [2.24, 2.45) is 0 Å². The minimum absolute atomic E-state index is 0.0227. The third kappa shape index (κ3) is 4.19. The molecule has 1 aromatic heterocycles. The minimum atomic E-state index is -3.21. The van der Waals surface area contributed by atoms with Crippen molar-refractivity contribution in [1.29, 1.82) is 0 Å². The van der Waals surface area contributed by atoms with Crippen molar-refractivity contribution in [2.45, 2.75) is 20.3 Å². The average Bonchev–Trinajstić information content (AvgIpc) is 2.36. The van der Waals surface area contributed by atoms with Crippen molar-refractivity contribution < 1.29 is 12.8 Å². The first-order valence-corrected chi connectivity index (χ1v) is 7.36. The van der Waals surface area contributed by atoms with Gasteiger partial charge < -0.3 is 5.32 Å². The molecular formula is C10H17FN4O2S. The Morgan fingerprint density at radius 2 is 2.00 bits per heavy atom. The predicted octanol–water partition coefficient (Wildman–Crippen LogP) is 0.529. The van der Waals surface area contributed by atoms with Crippen LogP contribution in [0.4, 0.5) is 10.2 Å². The maximum atomic E-state index is 13.7. The van der Waals surface area contributed by atoms with Gasteiger partial charge >= 0.3 is 0 Å². The standard InChI is InChI=1S/C10H17FN4O2S/c1-3-8-9(11)10(14-7-13-8)12-5-6-15-18(16,17)4-2/h7,15H,3-6H2,1-2H3,(H,12,13,14). The van der Waals surface area contributed by atoms with Crippen LogP contribution in [0.5, 0.6) is 0 Å². The van der Waals surface area contributed by atoms with E-state index in [0.717, 1.165) is 0 Å². The first-order chi connectivity index (χ1) is 8.50. The number of aromatic nitrogens is 2. The van der Waals surface area contributed by atoms with Gasteiger partial charge in [0.25, 0.3) is 0 Å². The van der Waals surface area contributed by atoms with Crippen LogP contribution >= 0.6 is 0 Å². The maximum Gasteiger partial charge on any atom is 0.211 e. The van der Waals surface area contributed by atoms with Gasteiger partial charge in [0.15, 0.2) is 11.6 Å². The van der Waals surface area contributed by atoms with Crippen LogP contribution in [0, 0.1) is 5.82 Å². The van der Waals surface area contributed by atoms with Gasteiger partial charge in [-0.3, -0.25) is 0 Å². The summed E-state index contributed by atoms with van der Waals surface area (Å²) in [4.78, 5) is 7.57. The van der Waals surface area contributed by atoms with Crippen molar-refractivity contribution >= 4 is 15.8 Å². The summed E-state index contributed by atoms with van der Waals surface area (Å²) in [6, 6.07) is 0. The fourth-order valence-corrected chi connectivity index (χ4v) is 1.88. The van der Waals surface area contributed by atoms with Crippen molar-refractivity contribution in [3.8, 4) is 0 Å². The second kappa shape index (κ2) is 6.60. The summed E-state index contributed by atoms with van der Waals surface area (Å²) in [5.74, 6) is -0.370. The molecule has 1 rings (SSSR count). The largest absolute Gasteiger partial charge is 0.366 e. The number of nitrogens with zero attached hydrogens (tertiary/aromatic N) is 2. The second-order valence-electron chi connectivity index (χ2n) is 3.56. The number of rotatable bonds is 7. The lowest BCUT2D eigenvalue weighted by Gasteiger charge is -2.08. The van der Waals surface area contributed by atoms with Gasteiger partial charge in [0.2, 0.25) is 10.0 Å². The van der Waals surface area contributed by atoms with E-state index in [1.165, 1.54) is 6.33 Å².